The Kier molecular flexibility index (Phi) is 7.89. The molecule has 0 saturated heterocycles. The molecule has 0 unspecified atom stereocenters. The molecule has 0 aliphatic carbocycles. The second-order valence-corrected chi connectivity index (χ2v) is 6.72. The van der Waals surface area contributed by atoms with Gasteiger partial charge in [0.1, 0.15) is 0 Å². The third-order valence-electron chi connectivity index (χ3n) is 3.91. The van der Waals surface area contributed by atoms with Crippen molar-refractivity contribution in [2.24, 2.45) is 0 Å². The fourth-order valence-electron chi connectivity index (χ4n) is 2.63. The summed E-state index contributed by atoms with van der Waals surface area (Å²) in [5.74, 6) is -1.94. The smallest absolute Gasteiger partial charge is 0.362 e. The highest BCUT2D eigenvalue weighted by molar-refractivity contribution is 6.37. The summed E-state index contributed by atoms with van der Waals surface area (Å²) in [7, 11) is 0. The molecule has 0 fully saturated rings. The van der Waals surface area contributed by atoms with Crippen LogP contribution in [0, 0.1) is 11.3 Å². The minimum absolute atomic E-state index is 0.0117. The second-order valence-electron chi connectivity index (χ2n) is 5.91. The maximum atomic E-state index is 13.0. The van der Waals surface area contributed by atoms with Crippen LogP contribution in [-0.4, -0.2) is 30.8 Å². The molecule has 8 heteroatoms. The van der Waals surface area contributed by atoms with Crippen LogP contribution in [0.15, 0.2) is 42.5 Å². The zero-order valence-electron chi connectivity index (χ0n) is 15.9. The number of carbonyl (C=O) groups excluding carboxylic acids is 2. The van der Waals surface area contributed by atoms with Crippen LogP contribution >= 0.6 is 23.2 Å². The third kappa shape index (κ3) is 5.20. The van der Waals surface area contributed by atoms with Crippen molar-refractivity contribution in [3.8, 4) is 11.8 Å². The average molecular weight is 436 g/mol. The lowest BCUT2D eigenvalue weighted by Gasteiger charge is -2.30. The number of para-hydroxylation sites is 1. The van der Waals surface area contributed by atoms with Gasteiger partial charge in [-0.25, -0.2) is 9.59 Å². The highest BCUT2D eigenvalue weighted by atomic mass is 35.5. The minimum atomic E-state index is -2.20. The van der Waals surface area contributed by atoms with Gasteiger partial charge in [0.05, 0.1) is 34.9 Å². The quantitative estimate of drug-likeness (QED) is 0.452. The Hall–Kier alpha value is -2.75. The van der Waals surface area contributed by atoms with Gasteiger partial charge < -0.3 is 14.2 Å². The van der Waals surface area contributed by atoms with Gasteiger partial charge in [0.15, 0.2) is 5.75 Å². The Labute approximate surface area is 178 Å². The molecule has 0 aliphatic heterocycles. The van der Waals surface area contributed by atoms with E-state index in [0.29, 0.717) is 11.1 Å². The summed E-state index contributed by atoms with van der Waals surface area (Å²) in [5, 5.41) is 9.38. The first-order valence-corrected chi connectivity index (χ1v) is 9.60. The van der Waals surface area contributed by atoms with Crippen LogP contribution in [0.5, 0.6) is 5.75 Å². The van der Waals surface area contributed by atoms with E-state index < -0.39 is 17.5 Å². The van der Waals surface area contributed by atoms with Gasteiger partial charge in [0.25, 0.3) is 0 Å². The van der Waals surface area contributed by atoms with Crippen LogP contribution in [0.3, 0.4) is 0 Å². The Bertz CT molecular complexity index is 901. The van der Waals surface area contributed by atoms with E-state index >= 15 is 0 Å². The molecule has 6 nitrogen and oxygen atoms in total. The molecule has 0 aromatic heterocycles. The standard InChI is InChI=1S/C21H19Cl2NO5/c1-3-27-19(25)21(20(26)28-4-2,12-14-7-5-8-15(11-14)13-24)29-18-16(22)9-6-10-17(18)23/h5-11H,3-4,12H2,1-2H3. The number of esters is 2. The maximum Gasteiger partial charge on any atom is 0.362 e. The number of hydrogen-bond acceptors (Lipinski definition) is 6. The number of carbonyl (C=O) groups is 2. The summed E-state index contributed by atoms with van der Waals surface area (Å²) in [6, 6.07) is 13.1. The third-order valence-corrected chi connectivity index (χ3v) is 4.51. The van der Waals surface area contributed by atoms with Crippen molar-refractivity contribution in [3.05, 3.63) is 63.6 Å². The highest BCUT2D eigenvalue weighted by Crippen LogP contribution is 2.37. The van der Waals surface area contributed by atoms with Gasteiger partial charge in [0.2, 0.25) is 0 Å². The molecular formula is C21H19Cl2NO5. The Balaban J connectivity index is 2.63. The van der Waals surface area contributed by atoms with Gasteiger partial charge >= 0.3 is 17.5 Å². The summed E-state index contributed by atoms with van der Waals surface area (Å²) in [4.78, 5) is 25.9. The van der Waals surface area contributed by atoms with Crippen LogP contribution in [0.4, 0.5) is 0 Å². The van der Waals surface area contributed by atoms with Gasteiger partial charge in [-0.05, 0) is 43.7 Å². The van der Waals surface area contributed by atoms with E-state index in [-0.39, 0.29) is 35.4 Å². The van der Waals surface area contributed by atoms with Crippen molar-refractivity contribution in [2.45, 2.75) is 25.9 Å². The predicted octanol–water partition coefficient (Wildman–Crippen LogP) is 4.35. The van der Waals surface area contributed by atoms with Crippen molar-refractivity contribution >= 4 is 35.1 Å². The average Bonchev–Trinajstić information content (AvgIpc) is 2.70. The highest BCUT2D eigenvalue weighted by Gasteiger charge is 2.52. The first kappa shape index (κ1) is 22.5. The zero-order chi connectivity index (χ0) is 21.4. The first-order chi connectivity index (χ1) is 13.9. The van der Waals surface area contributed by atoms with Crippen molar-refractivity contribution < 1.29 is 23.8 Å². The molecule has 2 aromatic carbocycles. The topological polar surface area (TPSA) is 85.6 Å². The predicted molar refractivity (Wildman–Crippen MR) is 108 cm³/mol. The number of halogens is 2. The van der Waals surface area contributed by atoms with Crippen molar-refractivity contribution in [2.75, 3.05) is 13.2 Å². The van der Waals surface area contributed by atoms with Crippen molar-refractivity contribution in [3.63, 3.8) is 0 Å². The van der Waals surface area contributed by atoms with Gasteiger partial charge in [0, 0.05) is 6.42 Å². The SMILES string of the molecule is CCOC(=O)C(Cc1cccc(C#N)c1)(Oc1c(Cl)cccc1Cl)C(=O)OCC. The molecule has 0 spiro atoms. The second kappa shape index (κ2) is 10.1. The number of hydrogen-bond donors (Lipinski definition) is 0. The lowest BCUT2D eigenvalue weighted by Crippen LogP contribution is -2.55. The van der Waals surface area contributed by atoms with Crippen LogP contribution < -0.4 is 4.74 Å². The van der Waals surface area contributed by atoms with Crippen LogP contribution in [0.1, 0.15) is 25.0 Å². The molecule has 0 radical (unpaired) electrons. The van der Waals surface area contributed by atoms with Crippen molar-refractivity contribution in [1.82, 2.24) is 0 Å². The molecule has 2 rings (SSSR count). The Morgan fingerprint density at radius 1 is 1.00 bits per heavy atom. The molecule has 0 amide bonds. The number of nitriles is 1. The van der Waals surface area contributed by atoms with Crippen LogP contribution in [0.25, 0.3) is 0 Å². The Morgan fingerprint density at radius 2 is 1.55 bits per heavy atom. The van der Waals surface area contributed by atoms with Gasteiger partial charge in [-0.3, -0.25) is 0 Å². The minimum Gasteiger partial charge on any atom is -0.463 e. The van der Waals surface area contributed by atoms with E-state index in [2.05, 4.69) is 0 Å². The van der Waals surface area contributed by atoms with Crippen LogP contribution in [-0.2, 0) is 25.5 Å². The molecule has 0 atom stereocenters. The fourth-order valence-corrected chi connectivity index (χ4v) is 3.11. The lowest BCUT2D eigenvalue weighted by atomic mass is 9.93. The Morgan fingerprint density at radius 3 is 2.07 bits per heavy atom. The van der Waals surface area contributed by atoms with E-state index in [9.17, 15) is 9.59 Å². The summed E-state index contributed by atoms with van der Waals surface area (Å²) in [6.07, 6.45) is -0.248. The molecular weight excluding hydrogens is 417 g/mol. The number of nitrogens with zero attached hydrogens (tertiary/aromatic N) is 1. The molecule has 0 aliphatic rings. The molecule has 0 bridgehead atoms. The molecule has 0 saturated carbocycles. The number of rotatable bonds is 8. The van der Waals surface area contributed by atoms with Crippen LogP contribution in [0.2, 0.25) is 10.0 Å². The summed E-state index contributed by atoms with van der Waals surface area (Å²) >= 11 is 12.4. The van der Waals surface area contributed by atoms with Gasteiger partial charge in [-0.1, -0.05) is 41.4 Å². The van der Waals surface area contributed by atoms with Gasteiger partial charge in [-0.2, -0.15) is 5.26 Å². The number of ether oxygens (including phenoxy) is 3. The maximum absolute atomic E-state index is 13.0. The van der Waals surface area contributed by atoms with E-state index in [0.717, 1.165) is 0 Å². The van der Waals surface area contributed by atoms with E-state index in [4.69, 9.17) is 42.7 Å². The summed E-state index contributed by atoms with van der Waals surface area (Å²) < 4.78 is 16.2. The fraction of sp³-hybridized carbons (Fsp3) is 0.286. The molecule has 0 heterocycles. The van der Waals surface area contributed by atoms with Gasteiger partial charge in [-0.15, -0.1) is 0 Å². The molecule has 2 aromatic rings. The normalized spacial score (nSPS) is 10.7. The van der Waals surface area contributed by atoms with Crippen molar-refractivity contribution in [1.29, 1.82) is 5.26 Å². The molecule has 0 N–H and O–H groups in total. The zero-order valence-corrected chi connectivity index (χ0v) is 17.4. The first-order valence-electron chi connectivity index (χ1n) is 8.84. The van der Waals surface area contributed by atoms with E-state index in [1.165, 1.54) is 12.1 Å². The number of benzene rings is 2. The van der Waals surface area contributed by atoms with E-state index in [1.54, 1.807) is 44.2 Å². The largest absolute Gasteiger partial charge is 0.463 e. The molecule has 152 valence electrons. The molecule has 29 heavy (non-hydrogen) atoms. The summed E-state index contributed by atoms with van der Waals surface area (Å²) in [5.41, 5.74) is -1.34. The monoisotopic (exact) mass is 435 g/mol. The lowest BCUT2D eigenvalue weighted by molar-refractivity contribution is -0.179. The van der Waals surface area contributed by atoms with E-state index in [1.807, 2.05) is 6.07 Å². The summed E-state index contributed by atoms with van der Waals surface area (Å²) in [6.45, 7) is 3.23.